The highest BCUT2D eigenvalue weighted by atomic mass is 16.5. The van der Waals surface area contributed by atoms with Crippen molar-refractivity contribution in [3.63, 3.8) is 0 Å². The molecule has 2 aromatic rings. The van der Waals surface area contributed by atoms with Gasteiger partial charge in [0, 0.05) is 18.7 Å². The van der Waals surface area contributed by atoms with Gasteiger partial charge in [-0.3, -0.25) is 4.79 Å². The monoisotopic (exact) mass is 312 g/mol. The Morgan fingerprint density at radius 1 is 1.13 bits per heavy atom. The average molecular weight is 312 g/mol. The number of nitrogens with two attached hydrogens (primary N) is 1. The molecule has 4 nitrogen and oxygen atoms in total. The minimum absolute atomic E-state index is 0.0415. The highest BCUT2D eigenvalue weighted by molar-refractivity contribution is 5.76. The van der Waals surface area contributed by atoms with Crippen molar-refractivity contribution in [2.75, 3.05) is 19.4 Å². The summed E-state index contributed by atoms with van der Waals surface area (Å²) in [5, 5.41) is 2.96. The van der Waals surface area contributed by atoms with Crippen LogP contribution in [0.25, 0.3) is 0 Å². The zero-order valence-corrected chi connectivity index (χ0v) is 13.8. The minimum Gasteiger partial charge on any atom is -0.496 e. The molecular weight excluding hydrogens is 288 g/mol. The second-order valence-corrected chi connectivity index (χ2v) is 5.61. The number of benzene rings is 2. The van der Waals surface area contributed by atoms with Crippen LogP contribution in [0.4, 0.5) is 5.69 Å². The van der Waals surface area contributed by atoms with E-state index in [0.29, 0.717) is 19.4 Å². The zero-order chi connectivity index (χ0) is 16.7. The summed E-state index contributed by atoms with van der Waals surface area (Å²) in [6, 6.07) is 13.7. The van der Waals surface area contributed by atoms with Crippen LogP contribution in [0.5, 0.6) is 5.75 Å². The Balaban J connectivity index is 1.79. The number of rotatable bonds is 7. The van der Waals surface area contributed by atoms with Crippen molar-refractivity contribution in [1.29, 1.82) is 0 Å². The molecule has 2 aromatic carbocycles. The van der Waals surface area contributed by atoms with Gasteiger partial charge in [-0.2, -0.15) is 0 Å². The molecule has 0 atom stereocenters. The molecule has 2 rings (SSSR count). The number of anilines is 1. The maximum absolute atomic E-state index is 12.0. The number of methoxy groups -OCH3 is 1. The molecule has 0 heterocycles. The van der Waals surface area contributed by atoms with Crippen LogP contribution in [0.3, 0.4) is 0 Å². The fraction of sp³-hybridized carbons (Fsp3) is 0.316. The quantitative estimate of drug-likeness (QED) is 0.773. The molecular formula is C19H24N2O2. The van der Waals surface area contributed by atoms with Crippen molar-refractivity contribution in [3.8, 4) is 5.75 Å². The number of hydrogen-bond acceptors (Lipinski definition) is 3. The summed E-state index contributed by atoms with van der Waals surface area (Å²) < 4.78 is 5.35. The molecule has 0 saturated carbocycles. The first-order valence-electron chi connectivity index (χ1n) is 7.83. The van der Waals surface area contributed by atoms with Gasteiger partial charge in [-0.25, -0.2) is 0 Å². The molecule has 0 unspecified atom stereocenters. The number of carbonyl (C=O) groups is 1. The van der Waals surface area contributed by atoms with Crippen molar-refractivity contribution >= 4 is 11.6 Å². The average Bonchev–Trinajstić information content (AvgIpc) is 2.54. The van der Waals surface area contributed by atoms with E-state index >= 15 is 0 Å². The van der Waals surface area contributed by atoms with Gasteiger partial charge in [-0.15, -0.1) is 0 Å². The molecule has 0 aliphatic rings. The van der Waals surface area contributed by atoms with E-state index in [1.165, 1.54) is 5.56 Å². The van der Waals surface area contributed by atoms with E-state index in [9.17, 15) is 4.79 Å². The predicted octanol–water partition coefficient (Wildman–Crippen LogP) is 2.88. The second-order valence-electron chi connectivity index (χ2n) is 5.61. The van der Waals surface area contributed by atoms with E-state index in [1.54, 1.807) is 7.11 Å². The summed E-state index contributed by atoms with van der Waals surface area (Å²) in [6.45, 7) is 2.65. The third-order valence-corrected chi connectivity index (χ3v) is 3.83. The lowest BCUT2D eigenvalue weighted by molar-refractivity contribution is -0.121. The van der Waals surface area contributed by atoms with Gasteiger partial charge in [0.25, 0.3) is 0 Å². The Morgan fingerprint density at radius 2 is 1.91 bits per heavy atom. The van der Waals surface area contributed by atoms with Crippen LogP contribution in [0.15, 0.2) is 42.5 Å². The van der Waals surface area contributed by atoms with Gasteiger partial charge < -0.3 is 15.8 Å². The fourth-order valence-corrected chi connectivity index (χ4v) is 2.54. The Labute approximate surface area is 137 Å². The first-order chi connectivity index (χ1) is 11.1. The number of ether oxygens (including phenoxy) is 1. The first-order valence-corrected chi connectivity index (χ1v) is 7.83. The SMILES string of the molecule is COc1ccc(C)cc1CCNC(=O)CCc1ccccc1N. The molecule has 0 aliphatic heterocycles. The molecule has 0 saturated heterocycles. The van der Waals surface area contributed by atoms with Gasteiger partial charge in [-0.1, -0.05) is 35.9 Å². The molecule has 0 bridgehead atoms. The number of carbonyl (C=O) groups excluding carboxylic acids is 1. The van der Waals surface area contributed by atoms with Crippen LogP contribution < -0.4 is 15.8 Å². The molecule has 0 fully saturated rings. The van der Waals surface area contributed by atoms with Crippen LogP contribution in [0, 0.1) is 6.92 Å². The lowest BCUT2D eigenvalue weighted by Gasteiger charge is -2.10. The van der Waals surface area contributed by atoms with E-state index in [2.05, 4.69) is 11.4 Å². The maximum Gasteiger partial charge on any atom is 0.220 e. The zero-order valence-electron chi connectivity index (χ0n) is 13.8. The molecule has 0 aliphatic carbocycles. The topological polar surface area (TPSA) is 64.3 Å². The molecule has 3 N–H and O–H groups in total. The second kappa shape index (κ2) is 8.22. The molecule has 122 valence electrons. The standard InChI is InChI=1S/C19H24N2O2/c1-14-7-9-18(23-2)16(13-14)11-12-21-19(22)10-8-15-5-3-4-6-17(15)20/h3-7,9,13H,8,10-12,20H2,1-2H3,(H,21,22). The Hall–Kier alpha value is -2.49. The number of amides is 1. The van der Waals surface area contributed by atoms with Gasteiger partial charge in [-0.05, 0) is 43.0 Å². The first kappa shape index (κ1) is 16.9. The maximum atomic E-state index is 12.0. The van der Waals surface area contributed by atoms with Crippen LogP contribution >= 0.6 is 0 Å². The van der Waals surface area contributed by atoms with Crippen molar-refractivity contribution in [2.24, 2.45) is 0 Å². The van der Waals surface area contributed by atoms with Crippen molar-refractivity contribution in [3.05, 3.63) is 59.2 Å². The highest BCUT2D eigenvalue weighted by Gasteiger charge is 2.06. The number of hydrogen-bond donors (Lipinski definition) is 2. The molecule has 0 radical (unpaired) electrons. The Bertz CT molecular complexity index is 668. The number of aryl methyl sites for hydroxylation is 2. The summed E-state index contributed by atoms with van der Waals surface area (Å²) in [4.78, 5) is 12.0. The molecule has 0 aromatic heterocycles. The summed E-state index contributed by atoms with van der Waals surface area (Å²) in [7, 11) is 1.66. The summed E-state index contributed by atoms with van der Waals surface area (Å²) in [5.74, 6) is 0.904. The summed E-state index contributed by atoms with van der Waals surface area (Å²) >= 11 is 0. The van der Waals surface area contributed by atoms with E-state index in [-0.39, 0.29) is 5.91 Å². The fourth-order valence-electron chi connectivity index (χ4n) is 2.54. The van der Waals surface area contributed by atoms with Gasteiger partial charge in [0.1, 0.15) is 5.75 Å². The van der Waals surface area contributed by atoms with Crippen LogP contribution in [-0.2, 0) is 17.6 Å². The van der Waals surface area contributed by atoms with Crippen molar-refractivity contribution in [2.45, 2.75) is 26.2 Å². The lowest BCUT2D eigenvalue weighted by Crippen LogP contribution is -2.26. The third kappa shape index (κ3) is 5.02. The predicted molar refractivity (Wildman–Crippen MR) is 93.6 cm³/mol. The van der Waals surface area contributed by atoms with Crippen molar-refractivity contribution < 1.29 is 9.53 Å². The van der Waals surface area contributed by atoms with E-state index < -0.39 is 0 Å². The number of nitrogens with one attached hydrogen (secondary N) is 1. The normalized spacial score (nSPS) is 10.3. The Morgan fingerprint density at radius 3 is 2.65 bits per heavy atom. The van der Waals surface area contributed by atoms with Gasteiger partial charge in [0.05, 0.1) is 7.11 Å². The van der Waals surface area contributed by atoms with Gasteiger partial charge in [0.15, 0.2) is 0 Å². The molecule has 4 heteroatoms. The number of para-hydroxylation sites is 1. The van der Waals surface area contributed by atoms with Crippen molar-refractivity contribution in [1.82, 2.24) is 5.32 Å². The summed E-state index contributed by atoms with van der Waals surface area (Å²) in [6.07, 6.45) is 1.86. The van der Waals surface area contributed by atoms with E-state index in [4.69, 9.17) is 10.5 Å². The lowest BCUT2D eigenvalue weighted by atomic mass is 10.1. The van der Waals surface area contributed by atoms with E-state index in [1.807, 2.05) is 43.3 Å². The minimum atomic E-state index is 0.0415. The van der Waals surface area contributed by atoms with E-state index in [0.717, 1.165) is 29.0 Å². The van der Waals surface area contributed by atoms with Gasteiger partial charge in [0.2, 0.25) is 5.91 Å². The highest BCUT2D eigenvalue weighted by Crippen LogP contribution is 2.19. The molecule has 1 amide bonds. The molecule has 23 heavy (non-hydrogen) atoms. The van der Waals surface area contributed by atoms with Crippen LogP contribution in [0.2, 0.25) is 0 Å². The van der Waals surface area contributed by atoms with Crippen LogP contribution in [0.1, 0.15) is 23.1 Å². The third-order valence-electron chi connectivity index (χ3n) is 3.83. The molecule has 0 spiro atoms. The Kier molecular flexibility index (Phi) is 6.03. The summed E-state index contributed by atoms with van der Waals surface area (Å²) in [5.41, 5.74) is 9.94. The van der Waals surface area contributed by atoms with Crippen LogP contribution in [-0.4, -0.2) is 19.6 Å². The smallest absolute Gasteiger partial charge is 0.220 e. The largest absolute Gasteiger partial charge is 0.496 e. The van der Waals surface area contributed by atoms with Gasteiger partial charge >= 0.3 is 0 Å². The number of nitrogen functional groups attached to an aromatic ring is 1.